The van der Waals surface area contributed by atoms with E-state index < -0.39 is 0 Å². The first-order valence-corrected chi connectivity index (χ1v) is 5.45. The Labute approximate surface area is 82.6 Å². The Kier molecular flexibility index (Phi) is 3.55. The minimum atomic E-state index is 0.322. The zero-order valence-electron chi connectivity index (χ0n) is 9.27. The van der Waals surface area contributed by atoms with Crippen LogP contribution in [-0.4, -0.2) is 12.6 Å². The molecule has 1 N–H and O–H groups in total. The molecule has 0 aliphatic heterocycles. The highest BCUT2D eigenvalue weighted by atomic mass is 14.9. The SMILES string of the molecule is C=CC(C)(CNC(C)C)C1CCC1. The van der Waals surface area contributed by atoms with Crippen LogP contribution in [0.4, 0.5) is 0 Å². The summed E-state index contributed by atoms with van der Waals surface area (Å²) >= 11 is 0. The van der Waals surface area contributed by atoms with Gasteiger partial charge < -0.3 is 5.32 Å². The molecular formula is C12H23N. The third-order valence-electron chi connectivity index (χ3n) is 3.40. The smallest absolute Gasteiger partial charge is 0.00448 e. The molecular weight excluding hydrogens is 158 g/mol. The van der Waals surface area contributed by atoms with E-state index in [1.165, 1.54) is 19.3 Å². The first kappa shape index (κ1) is 10.8. The second kappa shape index (κ2) is 4.28. The van der Waals surface area contributed by atoms with Crippen LogP contribution in [0.1, 0.15) is 40.0 Å². The quantitative estimate of drug-likeness (QED) is 0.643. The van der Waals surface area contributed by atoms with Crippen LogP contribution in [-0.2, 0) is 0 Å². The molecule has 1 aliphatic rings. The van der Waals surface area contributed by atoms with E-state index in [1.807, 2.05) is 0 Å². The lowest BCUT2D eigenvalue weighted by Crippen LogP contribution is -2.41. The highest BCUT2D eigenvalue weighted by molar-refractivity contribution is 5.00. The molecule has 1 nitrogen and oxygen atoms in total. The first-order chi connectivity index (χ1) is 6.08. The molecule has 0 aromatic carbocycles. The average Bonchev–Trinajstić information content (AvgIpc) is 1.98. The van der Waals surface area contributed by atoms with Crippen LogP contribution >= 0.6 is 0 Å². The Morgan fingerprint density at radius 2 is 2.15 bits per heavy atom. The molecule has 1 aliphatic carbocycles. The van der Waals surface area contributed by atoms with Crippen molar-refractivity contribution in [3.8, 4) is 0 Å². The van der Waals surface area contributed by atoms with Crippen LogP contribution < -0.4 is 5.32 Å². The van der Waals surface area contributed by atoms with Crippen LogP contribution in [0.25, 0.3) is 0 Å². The predicted molar refractivity (Wildman–Crippen MR) is 58.8 cm³/mol. The molecule has 76 valence electrons. The van der Waals surface area contributed by atoms with Gasteiger partial charge in [-0.05, 0) is 18.8 Å². The van der Waals surface area contributed by atoms with Crippen LogP contribution in [0.15, 0.2) is 12.7 Å². The van der Waals surface area contributed by atoms with Gasteiger partial charge in [0.25, 0.3) is 0 Å². The maximum atomic E-state index is 3.97. The summed E-state index contributed by atoms with van der Waals surface area (Å²) < 4.78 is 0. The van der Waals surface area contributed by atoms with E-state index in [2.05, 4.69) is 38.7 Å². The number of hydrogen-bond acceptors (Lipinski definition) is 1. The second-order valence-corrected chi connectivity index (χ2v) is 4.87. The third-order valence-corrected chi connectivity index (χ3v) is 3.40. The monoisotopic (exact) mass is 181 g/mol. The van der Waals surface area contributed by atoms with Crippen molar-refractivity contribution >= 4 is 0 Å². The molecule has 0 heterocycles. The zero-order chi connectivity index (χ0) is 9.90. The van der Waals surface area contributed by atoms with E-state index in [0.29, 0.717) is 11.5 Å². The van der Waals surface area contributed by atoms with E-state index in [4.69, 9.17) is 0 Å². The van der Waals surface area contributed by atoms with Crippen molar-refractivity contribution in [3.63, 3.8) is 0 Å². The summed E-state index contributed by atoms with van der Waals surface area (Å²) in [4.78, 5) is 0. The molecule has 0 amide bonds. The van der Waals surface area contributed by atoms with Gasteiger partial charge >= 0.3 is 0 Å². The standard InChI is InChI=1S/C12H23N/c1-5-12(4,9-13-10(2)3)11-7-6-8-11/h5,10-11,13H,1,6-9H2,2-4H3. The minimum Gasteiger partial charge on any atom is -0.314 e. The molecule has 1 rings (SSSR count). The first-order valence-electron chi connectivity index (χ1n) is 5.45. The molecule has 0 aromatic rings. The fraction of sp³-hybridized carbons (Fsp3) is 0.833. The van der Waals surface area contributed by atoms with Gasteiger partial charge in [-0.2, -0.15) is 0 Å². The van der Waals surface area contributed by atoms with E-state index in [1.54, 1.807) is 0 Å². The van der Waals surface area contributed by atoms with Gasteiger partial charge in [-0.3, -0.25) is 0 Å². The predicted octanol–water partition coefficient (Wildman–Crippen LogP) is 2.98. The van der Waals surface area contributed by atoms with Gasteiger partial charge in [-0.1, -0.05) is 33.3 Å². The largest absolute Gasteiger partial charge is 0.314 e. The van der Waals surface area contributed by atoms with Crippen LogP contribution in [0, 0.1) is 11.3 Å². The minimum absolute atomic E-state index is 0.322. The van der Waals surface area contributed by atoms with Gasteiger partial charge in [0, 0.05) is 18.0 Å². The molecule has 1 heteroatoms. The summed E-state index contributed by atoms with van der Waals surface area (Å²) in [6.07, 6.45) is 6.34. The van der Waals surface area contributed by atoms with E-state index in [9.17, 15) is 0 Å². The number of hydrogen-bond donors (Lipinski definition) is 1. The van der Waals surface area contributed by atoms with Gasteiger partial charge in [0.15, 0.2) is 0 Å². The molecule has 0 aromatic heterocycles. The van der Waals surface area contributed by atoms with E-state index >= 15 is 0 Å². The fourth-order valence-corrected chi connectivity index (χ4v) is 1.87. The van der Waals surface area contributed by atoms with Gasteiger partial charge in [-0.15, -0.1) is 6.58 Å². The van der Waals surface area contributed by atoms with Crippen molar-refractivity contribution in [2.75, 3.05) is 6.54 Å². The lowest BCUT2D eigenvalue weighted by molar-refractivity contribution is 0.145. The normalized spacial score (nSPS) is 22.5. The molecule has 0 saturated heterocycles. The maximum absolute atomic E-state index is 3.97. The Balaban J connectivity index is 2.42. The number of nitrogens with one attached hydrogen (secondary N) is 1. The Morgan fingerprint density at radius 1 is 1.54 bits per heavy atom. The van der Waals surface area contributed by atoms with Crippen LogP contribution in [0.3, 0.4) is 0 Å². The summed E-state index contributed by atoms with van der Waals surface area (Å²) in [6.45, 7) is 11.8. The van der Waals surface area contributed by atoms with Crippen molar-refractivity contribution in [2.45, 2.75) is 46.1 Å². The van der Waals surface area contributed by atoms with Gasteiger partial charge in [0.2, 0.25) is 0 Å². The summed E-state index contributed by atoms with van der Waals surface area (Å²) in [5.41, 5.74) is 0.322. The molecule has 1 atom stereocenters. The summed E-state index contributed by atoms with van der Waals surface area (Å²) in [6, 6.07) is 0.583. The van der Waals surface area contributed by atoms with Gasteiger partial charge in [-0.25, -0.2) is 0 Å². The van der Waals surface area contributed by atoms with Crippen molar-refractivity contribution in [3.05, 3.63) is 12.7 Å². The Hall–Kier alpha value is -0.300. The highest BCUT2D eigenvalue weighted by Crippen LogP contribution is 2.42. The fourth-order valence-electron chi connectivity index (χ4n) is 1.87. The lowest BCUT2D eigenvalue weighted by Gasteiger charge is -2.41. The van der Waals surface area contributed by atoms with Crippen molar-refractivity contribution < 1.29 is 0 Å². The lowest BCUT2D eigenvalue weighted by atomic mass is 9.66. The topological polar surface area (TPSA) is 12.0 Å². The molecule has 13 heavy (non-hydrogen) atoms. The summed E-state index contributed by atoms with van der Waals surface area (Å²) in [5, 5.41) is 3.51. The van der Waals surface area contributed by atoms with Crippen molar-refractivity contribution in [2.24, 2.45) is 11.3 Å². The van der Waals surface area contributed by atoms with E-state index in [0.717, 1.165) is 12.5 Å². The summed E-state index contributed by atoms with van der Waals surface area (Å²) in [7, 11) is 0. The number of rotatable bonds is 5. The maximum Gasteiger partial charge on any atom is 0.00448 e. The third kappa shape index (κ3) is 2.57. The molecule has 1 unspecified atom stereocenters. The molecule has 0 radical (unpaired) electrons. The van der Waals surface area contributed by atoms with Gasteiger partial charge in [0.05, 0.1) is 0 Å². The molecule has 1 fully saturated rings. The molecule has 1 saturated carbocycles. The average molecular weight is 181 g/mol. The molecule has 0 bridgehead atoms. The second-order valence-electron chi connectivity index (χ2n) is 4.87. The van der Waals surface area contributed by atoms with Crippen LogP contribution in [0.5, 0.6) is 0 Å². The van der Waals surface area contributed by atoms with Crippen molar-refractivity contribution in [1.29, 1.82) is 0 Å². The Bertz CT molecular complexity index is 170. The highest BCUT2D eigenvalue weighted by Gasteiger charge is 2.34. The van der Waals surface area contributed by atoms with Gasteiger partial charge in [0.1, 0.15) is 0 Å². The summed E-state index contributed by atoms with van der Waals surface area (Å²) in [5.74, 6) is 0.872. The molecule has 0 spiro atoms. The van der Waals surface area contributed by atoms with E-state index in [-0.39, 0.29) is 0 Å². The Morgan fingerprint density at radius 3 is 2.46 bits per heavy atom. The zero-order valence-corrected chi connectivity index (χ0v) is 9.27. The van der Waals surface area contributed by atoms with Crippen molar-refractivity contribution in [1.82, 2.24) is 5.32 Å². The van der Waals surface area contributed by atoms with Crippen LogP contribution in [0.2, 0.25) is 0 Å².